The molecule has 0 atom stereocenters. The monoisotopic (exact) mass is 405 g/mol. The van der Waals surface area contributed by atoms with Crippen LogP contribution in [0.5, 0.6) is 0 Å². The van der Waals surface area contributed by atoms with E-state index in [-0.39, 0.29) is 17.4 Å². The topological polar surface area (TPSA) is 121 Å². The zero-order valence-electron chi connectivity index (χ0n) is 16.2. The number of aliphatic hydroxyl groups is 1. The molecule has 28 heavy (non-hydrogen) atoms. The molecule has 9 heteroatoms. The van der Waals surface area contributed by atoms with Crippen molar-refractivity contribution >= 4 is 21.8 Å². The Kier molecular flexibility index (Phi) is 6.17. The van der Waals surface area contributed by atoms with Crippen LogP contribution in [-0.4, -0.2) is 43.2 Å². The van der Waals surface area contributed by atoms with Crippen molar-refractivity contribution in [1.82, 2.24) is 9.97 Å². The van der Waals surface area contributed by atoms with Gasteiger partial charge in [-0.3, -0.25) is 0 Å². The summed E-state index contributed by atoms with van der Waals surface area (Å²) in [6.07, 6.45) is 1.42. The maximum atomic E-state index is 11.7. The molecule has 0 saturated heterocycles. The van der Waals surface area contributed by atoms with Crippen molar-refractivity contribution in [3.05, 3.63) is 41.1 Å². The van der Waals surface area contributed by atoms with Gasteiger partial charge in [0.15, 0.2) is 0 Å². The Bertz CT molecular complexity index is 947. The molecule has 1 aliphatic heterocycles. The highest BCUT2D eigenvalue weighted by Gasteiger charge is 2.21. The third-order valence-corrected chi connectivity index (χ3v) is 5.70. The Labute approximate surface area is 165 Å². The number of nitrogens with one attached hydrogen (secondary N) is 1. The number of benzene rings is 1. The zero-order valence-corrected chi connectivity index (χ0v) is 17.0. The van der Waals surface area contributed by atoms with Gasteiger partial charge in [0.1, 0.15) is 5.82 Å². The van der Waals surface area contributed by atoms with Crippen LogP contribution in [0.2, 0.25) is 0 Å². The number of hydrogen-bond donors (Lipinski definition) is 3. The minimum absolute atomic E-state index is 0.110. The lowest BCUT2D eigenvalue weighted by Crippen LogP contribution is -2.31. The quantitative estimate of drug-likeness (QED) is 0.598. The van der Waals surface area contributed by atoms with E-state index < -0.39 is 10.0 Å². The Morgan fingerprint density at radius 3 is 2.71 bits per heavy atom. The van der Waals surface area contributed by atoms with Gasteiger partial charge in [-0.15, -0.1) is 0 Å². The molecule has 0 spiro atoms. The van der Waals surface area contributed by atoms with E-state index in [1.807, 2.05) is 12.1 Å². The first kappa shape index (κ1) is 20.5. The Hall–Kier alpha value is -2.23. The third-order valence-electron chi connectivity index (χ3n) is 4.78. The van der Waals surface area contributed by atoms with E-state index in [9.17, 15) is 8.42 Å². The van der Waals surface area contributed by atoms with Gasteiger partial charge in [-0.2, -0.15) is 4.98 Å². The van der Waals surface area contributed by atoms with Gasteiger partial charge in [-0.25, -0.2) is 18.5 Å². The molecule has 0 saturated carbocycles. The summed E-state index contributed by atoms with van der Waals surface area (Å²) in [7, 11) is -3.73. The molecule has 1 aromatic carbocycles. The van der Waals surface area contributed by atoms with Crippen LogP contribution in [0.25, 0.3) is 0 Å². The number of fused-ring (bicyclic) bond motifs is 1. The second-order valence-electron chi connectivity index (χ2n) is 7.28. The standard InChI is InChI=1S/C19H27N5O3S/c1-13(2)17-11-18(23-19(22-17)21-7-3-9-25)24-8-6-14-4-5-16(28(20,26)27)10-15(14)12-24/h4-5,10-11,13,25H,3,6-9,12H2,1-2H3,(H2,20,26,27)(H,21,22,23). The summed E-state index contributed by atoms with van der Waals surface area (Å²) in [5, 5.41) is 17.4. The molecule has 0 amide bonds. The van der Waals surface area contributed by atoms with Gasteiger partial charge in [-0.1, -0.05) is 19.9 Å². The first-order chi connectivity index (χ1) is 13.3. The molecule has 0 aliphatic carbocycles. The normalized spacial score (nSPS) is 14.2. The van der Waals surface area contributed by atoms with Crippen LogP contribution in [0, 0.1) is 0 Å². The molecule has 0 unspecified atom stereocenters. The Morgan fingerprint density at radius 2 is 2.04 bits per heavy atom. The van der Waals surface area contributed by atoms with E-state index in [1.165, 1.54) is 0 Å². The molecular formula is C19H27N5O3S. The van der Waals surface area contributed by atoms with E-state index in [4.69, 9.17) is 10.2 Å². The number of sulfonamides is 1. The zero-order chi connectivity index (χ0) is 20.3. The fourth-order valence-corrected chi connectivity index (χ4v) is 3.74. The van der Waals surface area contributed by atoms with Crippen LogP contribution >= 0.6 is 0 Å². The van der Waals surface area contributed by atoms with Gasteiger partial charge in [-0.05, 0) is 42.0 Å². The summed E-state index contributed by atoms with van der Waals surface area (Å²) in [5.41, 5.74) is 3.00. The molecule has 2 heterocycles. The molecule has 0 fully saturated rings. The second-order valence-corrected chi connectivity index (χ2v) is 8.84. The lowest BCUT2D eigenvalue weighted by atomic mass is 10.00. The van der Waals surface area contributed by atoms with Crippen molar-refractivity contribution in [2.24, 2.45) is 5.14 Å². The smallest absolute Gasteiger partial charge is 0.238 e. The van der Waals surface area contributed by atoms with Crippen LogP contribution in [0.15, 0.2) is 29.2 Å². The lowest BCUT2D eigenvalue weighted by Gasteiger charge is -2.30. The van der Waals surface area contributed by atoms with E-state index in [2.05, 4.69) is 34.0 Å². The molecular weight excluding hydrogens is 378 g/mol. The van der Waals surface area contributed by atoms with Crippen molar-refractivity contribution in [2.45, 2.75) is 44.0 Å². The summed E-state index contributed by atoms with van der Waals surface area (Å²) >= 11 is 0. The molecule has 1 aromatic heterocycles. The van der Waals surface area contributed by atoms with Crippen molar-refractivity contribution in [1.29, 1.82) is 0 Å². The summed E-state index contributed by atoms with van der Waals surface area (Å²) < 4.78 is 23.4. The van der Waals surface area contributed by atoms with Crippen LogP contribution in [0.3, 0.4) is 0 Å². The molecule has 0 bridgehead atoms. The van der Waals surface area contributed by atoms with E-state index in [0.29, 0.717) is 25.5 Å². The van der Waals surface area contributed by atoms with E-state index in [0.717, 1.165) is 35.6 Å². The highest BCUT2D eigenvalue weighted by atomic mass is 32.2. The fourth-order valence-electron chi connectivity index (χ4n) is 3.17. The number of aromatic nitrogens is 2. The molecule has 4 N–H and O–H groups in total. The fraction of sp³-hybridized carbons (Fsp3) is 0.474. The summed E-state index contributed by atoms with van der Waals surface area (Å²) in [6, 6.07) is 7.04. The largest absolute Gasteiger partial charge is 0.396 e. The maximum Gasteiger partial charge on any atom is 0.238 e. The maximum absolute atomic E-state index is 11.7. The van der Waals surface area contributed by atoms with Crippen molar-refractivity contribution in [3.8, 4) is 0 Å². The minimum Gasteiger partial charge on any atom is -0.396 e. The van der Waals surface area contributed by atoms with Gasteiger partial charge < -0.3 is 15.3 Å². The van der Waals surface area contributed by atoms with Crippen molar-refractivity contribution < 1.29 is 13.5 Å². The second kappa shape index (κ2) is 8.42. The number of hydrogen-bond acceptors (Lipinski definition) is 7. The van der Waals surface area contributed by atoms with Gasteiger partial charge >= 0.3 is 0 Å². The minimum atomic E-state index is -3.73. The number of nitrogens with zero attached hydrogens (tertiary/aromatic N) is 3. The first-order valence-electron chi connectivity index (χ1n) is 9.41. The predicted octanol–water partition coefficient (Wildman–Crippen LogP) is 1.60. The van der Waals surface area contributed by atoms with Gasteiger partial charge in [0.2, 0.25) is 16.0 Å². The van der Waals surface area contributed by atoms with Crippen molar-refractivity contribution in [2.75, 3.05) is 29.9 Å². The highest BCUT2D eigenvalue weighted by molar-refractivity contribution is 7.89. The number of anilines is 2. The average molecular weight is 406 g/mol. The number of aliphatic hydroxyl groups excluding tert-OH is 1. The van der Waals surface area contributed by atoms with Crippen LogP contribution in [-0.2, 0) is 23.0 Å². The lowest BCUT2D eigenvalue weighted by molar-refractivity contribution is 0.292. The van der Waals surface area contributed by atoms with E-state index in [1.54, 1.807) is 12.1 Å². The molecule has 152 valence electrons. The Morgan fingerprint density at radius 1 is 1.25 bits per heavy atom. The Balaban J connectivity index is 1.89. The van der Waals surface area contributed by atoms with Crippen LogP contribution in [0.4, 0.5) is 11.8 Å². The molecule has 8 nitrogen and oxygen atoms in total. The highest BCUT2D eigenvalue weighted by Crippen LogP contribution is 2.27. The van der Waals surface area contributed by atoms with Gasteiger partial charge in [0.05, 0.1) is 10.6 Å². The molecule has 0 radical (unpaired) electrons. The number of primary sulfonamides is 1. The van der Waals surface area contributed by atoms with Crippen LogP contribution < -0.4 is 15.4 Å². The first-order valence-corrected chi connectivity index (χ1v) is 11.0. The number of nitrogens with two attached hydrogens (primary N) is 1. The van der Waals surface area contributed by atoms with Crippen LogP contribution in [0.1, 0.15) is 43.0 Å². The SMILES string of the molecule is CC(C)c1cc(N2CCc3ccc(S(N)(=O)=O)cc3C2)nc(NCCCO)n1. The third kappa shape index (κ3) is 4.78. The summed E-state index contributed by atoms with van der Waals surface area (Å²) in [6.45, 7) is 6.20. The summed E-state index contributed by atoms with van der Waals surface area (Å²) in [5.74, 6) is 1.58. The molecule has 3 rings (SSSR count). The number of rotatable bonds is 7. The average Bonchev–Trinajstić information content (AvgIpc) is 2.66. The van der Waals surface area contributed by atoms with Crippen molar-refractivity contribution in [3.63, 3.8) is 0 Å². The van der Waals surface area contributed by atoms with Gasteiger partial charge in [0.25, 0.3) is 0 Å². The molecule has 2 aromatic rings. The van der Waals surface area contributed by atoms with E-state index >= 15 is 0 Å². The molecule has 1 aliphatic rings. The predicted molar refractivity (Wildman–Crippen MR) is 109 cm³/mol. The summed E-state index contributed by atoms with van der Waals surface area (Å²) in [4.78, 5) is 11.5. The van der Waals surface area contributed by atoms with Gasteiger partial charge in [0, 0.05) is 32.3 Å².